The molecule has 0 bridgehead atoms. The van der Waals surface area contributed by atoms with Crippen LogP contribution in [0.15, 0.2) is 42.6 Å². The van der Waals surface area contributed by atoms with E-state index in [4.69, 9.17) is 4.74 Å². The SMILES string of the molecule is COc1ccc(CNc2cccc(C(C)C)c2)cn1. The Balaban J connectivity index is 1.99. The van der Waals surface area contributed by atoms with Crippen molar-refractivity contribution < 1.29 is 4.74 Å². The van der Waals surface area contributed by atoms with Gasteiger partial charge in [0.25, 0.3) is 0 Å². The van der Waals surface area contributed by atoms with E-state index in [1.54, 1.807) is 7.11 Å². The van der Waals surface area contributed by atoms with Crippen LogP contribution in [0.2, 0.25) is 0 Å². The third-order valence-electron chi connectivity index (χ3n) is 3.06. The first-order valence-corrected chi connectivity index (χ1v) is 6.52. The van der Waals surface area contributed by atoms with E-state index in [0.29, 0.717) is 11.8 Å². The minimum Gasteiger partial charge on any atom is -0.481 e. The van der Waals surface area contributed by atoms with Crippen molar-refractivity contribution in [3.05, 3.63) is 53.7 Å². The largest absolute Gasteiger partial charge is 0.481 e. The van der Waals surface area contributed by atoms with Gasteiger partial charge in [-0.05, 0) is 29.2 Å². The third-order valence-corrected chi connectivity index (χ3v) is 3.06. The second kappa shape index (κ2) is 6.23. The van der Waals surface area contributed by atoms with Crippen molar-refractivity contribution >= 4 is 5.69 Å². The fourth-order valence-corrected chi connectivity index (χ4v) is 1.85. The van der Waals surface area contributed by atoms with Crippen LogP contribution >= 0.6 is 0 Å². The van der Waals surface area contributed by atoms with Gasteiger partial charge in [-0.2, -0.15) is 0 Å². The molecule has 0 spiro atoms. The first kappa shape index (κ1) is 13.4. The Kier molecular flexibility index (Phi) is 4.39. The van der Waals surface area contributed by atoms with Gasteiger partial charge < -0.3 is 10.1 Å². The first-order valence-electron chi connectivity index (χ1n) is 6.52. The third kappa shape index (κ3) is 3.71. The molecule has 0 saturated heterocycles. The molecule has 0 aliphatic carbocycles. The summed E-state index contributed by atoms with van der Waals surface area (Å²) in [7, 11) is 1.62. The highest BCUT2D eigenvalue weighted by Crippen LogP contribution is 2.19. The Hall–Kier alpha value is -2.03. The number of benzene rings is 1. The second-order valence-corrected chi connectivity index (χ2v) is 4.84. The number of hydrogen-bond acceptors (Lipinski definition) is 3. The van der Waals surface area contributed by atoms with Crippen LogP contribution in [-0.4, -0.2) is 12.1 Å². The Labute approximate surface area is 114 Å². The maximum absolute atomic E-state index is 5.04. The van der Waals surface area contributed by atoms with E-state index in [2.05, 4.69) is 48.4 Å². The van der Waals surface area contributed by atoms with Gasteiger partial charge in [-0.3, -0.25) is 0 Å². The summed E-state index contributed by atoms with van der Waals surface area (Å²) in [4.78, 5) is 4.19. The zero-order valence-corrected chi connectivity index (χ0v) is 11.7. The van der Waals surface area contributed by atoms with Crippen LogP contribution in [0.1, 0.15) is 30.9 Å². The molecule has 2 rings (SSSR count). The Bertz CT molecular complexity index is 521. The standard InChI is InChI=1S/C16H20N2O/c1-12(2)14-5-4-6-15(9-14)17-10-13-7-8-16(19-3)18-11-13/h4-9,11-12,17H,10H2,1-3H3. The Morgan fingerprint density at radius 1 is 1.21 bits per heavy atom. The van der Waals surface area contributed by atoms with Gasteiger partial charge in [-0.1, -0.05) is 32.0 Å². The topological polar surface area (TPSA) is 34.1 Å². The summed E-state index contributed by atoms with van der Waals surface area (Å²) in [6.07, 6.45) is 1.83. The van der Waals surface area contributed by atoms with Gasteiger partial charge >= 0.3 is 0 Å². The lowest BCUT2D eigenvalue weighted by Gasteiger charge is -2.10. The van der Waals surface area contributed by atoms with Crippen LogP contribution < -0.4 is 10.1 Å². The normalized spacial score (nSPS) is 10.5. The number of nitrogens with zero attached hydrogens (tertiary/aromatic N) is 1. The predicted molar refractivity (Wildman–Crippen MR) is 78.6 cm³/mol. The molecule has 0 amide bonds. The van der Waals surface area contributed by atoms with Crippen LogP contribution in [0.3, 0.4) is 0 Å². The number of ether oxygens (including phenoxy) is 1. The molecular weight excluding hydrogens is 236 g/mol. The monoisotopic (exact) mass is 256 g/mol. The summed E-state index contributed by atoms with van der Waals surface area (Å²) in [6.45, 7) is 5.16. The van der Waals surface area contributed by atoms with Crippen molar-refractivity contribution in [3.63, 3.8) is 0 Å². The molecule has 0 aliphatic rings. The van der Waals surface area contributed by atoms with Crippen molar-refractivity contribution in [2.24, 2.45) is 0 Å². The minimum absolute atomic E-state index is 0.546. The van der Waals surface area contributed by atoms with E-state index in [1.165, 1.54) is 5.56 Å². The number of nitrogens with one attached hydrogen (secondary N) is 1. The fourth-order valence-electron chi connectivity index (χ4n) is 1.85. The van der Waals surface area contributed by atoms with E-state index in [0.717, 1.165) is 17.8 Å². The van der Waals surface area contributed by atoms with Crippen molar-refractivity contribution in [1.82, 2.24) is 4.98 Å². The molecule has 100 valence electrons. The maximum Gasteiger partial charge on any atom is 0.212 e. The molecule has 19 heavy (non-hydrogen) atoms. The number of aromatic nitrogens is 1. The van der Waals surface area contributed by atoms with Gasteiger partial charge in [0.1, 0.15) is 0 Å². The second-order valence-electron chi connectivity index (χ2n) is 4.84. The molecule has 1 N–H and O–H groups in total. The Morgan fingerprint density at radius 3 is 2.68 bits per heavy atom. The maximum atomic E-state index is 5.04. The van der Waals surface area contributed by atoms with Crippen LogP contribution in [0.25, 0.3) is 0 Å². The summed E-state index contributed by atoms with van der Waals surface area (Å²) in [6, 6.07) is 12.4. The van der Waals surface area contributed by atoms with Crippen molar-refractivity contribution in [2.75, 3.05) is 12.4 Å². The zero-order chi connectivity index (χ0) is 13.7. The van der Waals surface area contributed by atoms with Gasteiger partial charge in [-0.25, -0.2) is 4.98 Å². The zero-order valence-electron chi connectivity index (χ0n) is 11.7. The molecule has 1 heterocycles. The molecule has 0 saturated carbocycles. The molecule has 2 aromatic rings. The van der Waals surface area contributed by atoms with E-state index < -0.39 is 0 Å². The molecule has 3 heteroatoms. The van der Waals surface area contributed by atoms with Crippen LogP contribution in [0.5, 0.6) is 5.88 Å². The van der Waals surface area contributed by atoms with E-state index in [-0.39, 0.29) is 0 Å². The van der Waals surface area contributed by atoms with Gasteiger partial charge in [0.15, 0.2) is 0 Å². The molecule has 0 atom stereocenters. The number of hydrogen-bond donors (Lipinski definition) is 1. The highest BCUT2D eigenvalue weighted by Gasteiger charge is 2.00. The molecule has 3 nitrogen and oxygen atoms in total. The summed E-state index contributed by atoms with van der Waals surface area (Å²) in [5, 5.41) is 3.41. The molecule has 0 aliphatic heterocycles. The number of pyridine rings is 1. The molecule has 1 aromatic carbocycles. The van der Waals surface area contributed by atoms with E-state index >= 15 is 0 Å². The van der Waals surface area contributed by atoms with Crippen LogP contribution in [0.4, 0.5) is 5.69 Å². The van der Waals surface area contributed by atoms with Crippen molar-refractivity contribution in [1.29, 1.82) is 0 Å². The highest BCUT2D eigenvalue weighted by atomic mass is 16.5. The van der Waals surface area contributed by atoms with Crippen LogP contribution in [-0.2, 0) is 6.54 Å². The molecule has 1 aromatic heterocycles. The average Bonchev–Trinajstić information content (AvgIpc) is 2.46. The lowest BCUT2D eigenvalue weighted by molar-refractivity contribution is 0.397. The van der Waals surface area contributed by atoms with E-state index in [9.17, 15) is 0 Å². The molecule has 0 fully saturated rings. The minimum atomic E-state index is 0.546. The van der Waals surface area contributed by atoms with Gasteiger partial charge in [0, 0.05) is 24.5 Å². The number of rotatable bonds is 5. The van der Waals surface area contributed by atoms with Gasteiger partial charge in [-0.15, -0.1) is 0 Å². The predicted octanol–water partition coefficient (Wildman–Crippen LogP) is 3.83. The molecular formula is C16H20N2O. The summed E-state index contributed by atoms with van der Waals surface area (Å²) in [5.74, 6) is 1.19. The van der Waals surface area contributed by atoms with Gasteiger partial charge in [0.05, 0.1) is 7.11 Å². The quantitative estimate of drug-likeness (QED) is 0.883. The lowest BCUT2D eigenvalue weighted by Crippen LogP contribution is -2.01. The lowest BCUT2D eigenvalue weighted by atomic mass is 10.0. The van der Waals surface area contributed by atoms with Crippen molar-refractivity contribution in [3.8, 4) is 5.88 Å². The average molecular weight is 256 g/mol. The highest BCUT2D eigenvalue weighted by molar-refractivity contribution is 5.46. The molecule has 0 radical (unpaired) electrons. The smallest absolute Gasteiger partial charge is 0.212 e. The summed E-state index contributed by atoms with van der Waals surface area (Å²) in [5.41, 5.74) is 3.62. The summed E-state index contributed by atoms with van der Waals surface area (Å²) < 4.78 is 5.04. The fraction of sp³-hybridized carbons (Fsp3) is 0.312. The van der Waals surface area contributed by atoms with Crippen LogP contribution in [0, 0.1) is 0 Å². The Morgan fingerprint density at radius 2 is 2.05 bits per heavy atom. The number of methoxy groups -OCH3 is 1. The molecule has 0 unspecified atom stereocenters. The van der Waals surface area contributed by atoms with E-state index in [1.807, 2.05) is 18.3 Å². The summed E-state index contributed by atoms with van der Waals surface area (Å²) >= 11 is 0. The first-order chi connectivity index (χ1) is 9.19. The van der Waals surface area contributed by atoms with Gasteiger partial charge in [0.2, 0.25) is 5.88 Å². The number of anilines is 1. The van der Waals surface area contributed by atoms with Crippen molar-refractivity contribution in [2.45, 2.75) is 26.3 Å².